The van der Waals surface area contributed by atoms with Crippen molar-refractivity contribution in [1.82, 2.24) is 18.5 Å². The summed E-state index contributed by atoms with van der Waals surface area (Å²) >= 11 is 1.30. The average molecular weight is 367 g/mol. The van der Waals surface area contributed by atoms with E-state index in [-0.39, 0.29) is 0 Å². The van der Waals surface area contributed by atoms with Gasteiger partial charge >= 0.3 is 0 Å². The predicted molar refractivity (Wildman–Crippen MR) is 108 cm³/mol. The zero-order chi connectivity index (χ0) is 17.8. The molecule has 0 amide bonds. The molecule has 0 radical (unpaired) electrons. The molecular formula is C21H26N4S. The summed E-state index contributed by atoms with van der Waals surface area (Å²) in [7, 11) is 2.28. The molecule has 4 nitrogen and oxygen atoms in total. The third-order valence-electron chi connectivity index (χ3n) is 5.42. The lowest BCUT2D eigenvalue weighted by Gasteiger charge is -2.37. The van der Waals surface area contributed by atoms with Crippen molar-refractivity contribution >= 4 is 22.8 Å². The van der Waals surface area contributed by atoms with Crippen LogP contribution in [0.4, 0.5) is 0 Å². The number of aromatic nitrogens is 2. The second-order valence-electron chi connectivity index (χ2n) is 7.33. The molecule has 1 aliphatic heterocycles. The monoisotopic (exact) mass is 366 g/mol. The molecule has 0 unspecified atom stereocenters. The van der Waals surface area contributed by atoms with Crippen molar-refractivity contribution in [3.05, 3.63) is 59.7 Å². The van der Waals surface area contributed by atoms with E-state index in [1.54, 1.807) is 0 Å². The first-order valence-electron chi connectivity index (χ1n) is 9.46. The van der Waals surface area contributed by atoms with E-state index < -0.39 is 0 Å². The summed E-state index contributed by atoms with van der Waals surface area (Å²) in [4.78, 5) is 5.14. The Kier molecular flexibility index (Phi) is 5.58. The van der Waals surface area contributed by atoms with E-state index in [0.717, 1.165) is 37.1 Å². The second-order valence-corrected chi connectivity index (χ2v) is 7.86. The molecule has 1 fully saturated rings. The van der Waals surface area contributed by atoms with Crippen molar-refractivity contribution in [1.29, 1.82) is 0 Å². The van der Waals surface area contributed by atoms with Crippen LogP contribution in [0.25, 0.3) is 11.0 Å². The molecule has 136 valence electrons. The van der Waals surface area contributed by atoms with Gasteiger partial charge in [-0.1, -0.05) is 36.4 Å². The minimum absolute atomic E-state index is 0.650. The third-order valence-corrected chi connectivity index (χ3v) is 5.98. The molecule has 26 heavy (non-hydrogen) atoms. The molecule has 1 aromatic heterocycles. The highest BCUT2D eigenvalue weighted by atomic mass is 32.1. The maximum Gasteiger partial charge on any atom is 0.105 e. The molecule has 0 aliphatic carbocycles. The van der Waals surface area contributed by atoms with E-state index in [9.17, 15) is 0 Å². The van der Waals surface area contributed by atoms with Crippen LogP contribution in [-0.4, -0.2) is 51.3 Å². The summed E-state index contributed by atoms with van der Waals surface area (Å²) in [6, 6.07) is 18.0. The van der Waals surface area contributed by atoms with Gasteiger partial charge in [0.2, 0.25) is 0 Å². The maximum atomic E-state index is 4.37. The minimum Gasteiger partial charge on any atom is -0.302 e. The number of hydrogen-bond donors (Lipinski definition) is 0. The Morgan fingerprint density at radius 3 is 2.81 bits per heavy atom. The highest BCUT2D eigenvalue weighted by Gasteiger charge is 2.23. The fourth-order valence-corrected chi connectivity index (χ4v) is 4.37. The second kappa shape index (κ2) is 8.25. The number of likely N-dealkylation sites (tertiary alicyclic amines) is 1. The number of fused-ring (bicyclic) bond motifs is 1. The van der Waals surface area contributed by atoms with Crippen molar-refractivity contribution in [2.45, 2.75) is 31.8 Å². The van der Waals surface area contributed by atoms with E-state index in [2.05, 4.69) is 74.1 Å². The van der Waals surface area contributed by atoms with Crippen molar-refractivity contribution in [2.24, 2.45) is 0 Å². The summed E-state index contributed by atoms with van der Waals surface area (Å²) in [6.07, 6.45) is 3.71. The van der Waals surface area contributed by atoms with Crippen LogP contribution in [0.2, 0.25) is 0 Å². The van der Waals surface area contributed by atoms with Crippen LogP contribution in [0.5, 0.6) is 0 Å². The molecule has 0 N–H and O–H groups in total. The molecule has 1 atom stereocenters. The Morgan fingerprint density at radius 1 is 1.08 bits per heavy atom. The Hall–Kier alpha value is -1.82. The van der Waals surface area contributed by atoms with Crippen molar-refractivity contribution in [3.8, 4) is 0 Å². The van der Waals surface area contributed by atoms with E-state index in [0.29, 0.717) is 6.04 Å². The zero-order valence-corrected chi connectivity index (χ0v) is 16.2. The topological polar surface area (TPSA) is 32.3 Å². The Morgan fingerprint density at radius 2 is 1.92 bits per heavy atom. The lowest BCUT2D eigenvalue weighted by Crippen LogP contribution is -2.46. The van der Waals surface area contributed by atoms with Crippen molar-refractivity contribution in [2.75, 3.05) is 26.7 Å². The molecule has 1 saturated heterocycles. The smallest absolute Gasteiger partial charge is 0.105 e. The Balaban J connectivity index is 1.32. The first-order chi connectivity index (χ1) is 12.8. The highest BCUT2D eigenvalue weighted by Crippen LogP contribution is 2.20. The van der Waals surface area contributed by atoms with Crippen LogP contribution >= 0.6 is 11.7 Å². The normalized spacial score (nSPS) is 18.6. The lowest BCUT2D eigenvalue weighted by atomic mass is 10.0. The van der Waals surface area contributed by atoms with Gasteiger partial charge in [-0.05, 0) is 56.1 Å². The summed E-state index contributed by atoms with van der Waals surface area (Å²) < 4.78 is 8.67. The van der Waals surface area contributed by atoms with Crippen LogP contribution in [0.3, 0.4) is 0 Å². The zero-order valence-electron chi connectivity index (χ0n) is 15.3. The largest absolute Gasteiger partial charge is 0.302 e. The molecule has 2 aromatic carbocycles. The van der Waals surface area contributed by atoms with Crippen molar-refractivity contribution < 1.29 is 0 Å². The SMILES string of the molecule is CN(CCc1ccccc1)[C@@H]1CCCN(Cc2ccc3nsnc3c2)C1. The summed E-state index contributed by atoms with van der Waals surface area (Å²) in [5.41, 5.74) is 4.81. The number of rotatable bonds is 6. The fourth-order valence-electron chi connectivity index (χ4n) is 3.85. The molecule has 1 aliphatic rings. The number of nitrogens with zero attached hydrogens (tertiary/aromatic N) is 4. The molecule has 3 aromatic rings. The van der Waals surface area contributed by atoms with Crippen LogP contribution in [0, 0.1) is 0 Å². The molecule has 2 heterocycles. The Bertz CT molecular complexity index is 832. The Labute approximate surface area is 159 Å². The molecule has 5 heteroatoms. The summed E-state index contributed by atoms with van der Waals surface area (Å²) in [5, 5.41) is 0. The average Bonchev–Trinajstić information content (AvgIpc) is 3.15. The number of hydrogen-bond acceptors (Lipinski definition) is 5. The van der Waals surface area contributed by atoms with Gasteiger partial charge in [0, 0.05) is 25.7 Å². The standard InChI is InChI=1S/C21H26N4S/c1-24(13-11-17-6-3-2-4-7-17)19-8-5-12-25(16-19)15-18-9-10-20-21(14-18)23-26-22-20/h2-4,6-7,9-10,14,19H,5,8,11-13,15-16H2,1H3/t19-/m1/s1. The highest BCUT2D eigenvalue weighted by molar-refractivity contribution is 7.00. The lowest BCUT2D eigenvalue weighted by molar-refractivity contribution is 0.112. The van der Waals surface area contributed by atoms with E-state index in [1.165, 1.54) is 42.2 Å². The quantitative estimate of drug-likeness (QED) is 0.664. The van der Waals surface area contributed by atoms with Gasteiger partial charge in [0.1, 0.15) is 11.0 Å². The minimum atomic E-state index is 0.650. The molecule has 4 rings (SSSR count). The van der Waals surface area contributed by atoms with Crippen LogP contribution in [0.15, 0.2) is 48.5 Å². The summed E-state index contributed by atoms with van der Waals surface area (Å²) in [5.74, 6) is 0. The van der Waals surface area contributed by atoms with E-state index >= 15 is 0 Å². The third kappa shape index (κ3) is 4.29. The predicted octanol–water partition coefficient (Wildman–Crippen LogP) is 3.83. The van der Waals surface area contributed by atoms with Gasteiger partial charge in [0.15, 0.2) is 0 Å². The number of piperidine rings is 1. The van der Waals surface area contributed by atoms with Crippen LogP contribution < -0.4 is 0 Å². The van der Waals surface area contributed by atoms with E-state index in [4.69, 9.17) is 0 Å². The first kappa shape index (κ1) is 17.6. The molecular weight excluding hydrogens is 340 g/mol. The van der Waals surface area contributed by atoms with Gasteiger partial charge in [-0.3, -0.25) is 4.90 Å². The molecule has 0 bridgehead atoms. The number of likely N-dealkylation sites (N-methyl/N-ethyl adjacent to an activating group) is 1. The van der Waals surface area contributed by atoms with Gasteiger partial charge in [-0.15, -0.1) is 0 Å². The molecule has 0 saturated carbocycles. The first-order valence-corrected chi connectivity index (χ1v) is 10.2. The van der Waals surface area contributed by atoms with Gasteiger partial charge in [0.25, 0.3) is 0 Å². The fraction of sp³-hybridized carbons (Fsp3) is 0.429. The van der Waals surface area contributed by atoms with Gasteiger partial charge in [-0.2, -0.15) is 8.75 Å². The van der Waals surface area contributed by atoms with Crippen molar-refractivity contribution in [3.63, 3.8) is 0 Å². The molecule has 0 spiro atoms. The van der Waals surface area contributed by atoms with Crippen LogP contribution in [-0.2, 0) is 13.0 Å². The van der Waals surface area contributed by atoms with E-state index in [1.807, 2.05) is 0 Å². The van der Waals surface area contributed by atoms with Gasteiger partial charge < -0.3 is 4.90 Å². The number of benzene rings is 2. The van der Waals surface area contributed by atoms with Gasteiger partial charge in [-0.25, -0.2) is 0 Å². The van der Waals surface area contributed by atoms with Gasteiger partial charge in [0.05, 0.1) is 11.7 Å². The maximum absolute atomic E-state index is 4.37. The summed E-state index contributed by atoms with van der Waals surface area (Å²) in [6.45, 7) is 4.48. The van der Waals surface area contributed by atoms with Crippen LogP contribution in [0.1, 0.15) is 24.0 Å².